The Morgan fingerprint density at radius 1 is 1.04 bits per heavy atom. The maximum absolute atomic E-state index is 12.3. The summed E-state index contributed by atoms with van der Waals surface area (Å²) in [6.07, 6.45) is 0. The number of rotatable bonds is 6. The van der Waals surface area contributed by atoms with E-state index in [-0.39, 0.29) is 11.3 Å². The number of hydrogen-bond acceptors (Lipinski definition) is 3. The van der Waals surface area contributed by atoms with Gasteiger partial charge in [-0.2, -0.15) is 0 Å². The van der Waals surface area contributed by atoms with E-state index in [9.17, 15) is 9.59 Å². The summed E-state index contributed by atoms with van der Waals surface area (Å²) in [5, 5.41) is 12.4. The molecule has 0 saturated carbocycles. The molecule has 0 heterocycles. The SMILES string of the molecule is O=C(O)COc1cc(Cl)ccc1C(=O)NCc1ccc(Cl)cc1. The molecular formula is C16H13Cl2NO4. The minimum absolute atomic E-state index is 0.119. The van der Waals surface area contributed by atoms with Crippen molar-refractivity contribution >= 4 is 35.1 Å². The van der Waals surface area contributed by atoms with Gasteiger partial charge in [0.2, 0.25) is 0 Å². The average Bonchev–Trinajstić information content (AvgIpc) is 2.52. The van der Waals surface area contributed by atoms with Crippen molar-refractivity contribution in [2.45, 2.75) is 6.54 Å². The second-order valence-electron chi connectivity index (χ2n) is 4.63. The predicted molar refractivity (Wildman–Crippen MR) is 87.2 cm³/mol. The van der Waals surface area contributed by atoms with Gasteiger partial charge in [-0.3, -0.25) is 4.79 Å². The number of carboxylic acid groups (broad SMARTS) is 1. The van der Waals surface area contributed by atoms with Crippen LogP contribution in [0.3, 0.4) is 0 Å². The van der Waals surface area contributed by atoms with Crippen LogP contribution in [0.2, 0.25) is 10.0 Å². The number of ether oxygens (including phenoxy) is 1. The normalized spacial score (nSPS) is 10.2. The largest absolute Gasteiger partial charge is 0.481 e. The molecule has 0 radical (unpaired) electrons. The molecule has 7 heteroatoms. The molecule has 2 aromatic rings. The molecule has 0 spiro atoms. The summed E-state index contributed by atoms with van der Waals surface area (Å²) in [4.78, 5) is 22.9. The van der Waals surface area contributed by atoms with E-state index in [1.807, 2.05) is 0 Å². The second kappa shape index (κ2) is 7.85. The molecule has 120 valence electrons. The Morgan fingerprint density at radius 2 is 1.70 bits per heavy atom. The van der Waals surface area contributed by atoms with Gasteiger partial charge in [-0.25, -0.2) is 4.79 Å². The molecule has 2 N–H and O–H groups in total. The van der Waals surface area contributed by atoms with E-state index >= 15 is 0 Å². The molecular weight excluding hydrogens is 341 g/mol. The second-order valence-corrected chi connectivity index (χ2v) is 5.50. The average molecular weight is 354 g/mol. The van der Waals surface area contributed by atoms with Gasteiger partial charge in [-0.15, -0.1) is 0 Å². The van der Waals surface area contributed by atoms with E-state index in [2.05, 4.69) is 5.32 Å². The fraction of sp³-hybridized carbons (Fsp3) is 0.125. The molecule has 0 saturated heterocycles. The molecule has 0 unspecified atom stereocenters. The smallest absolute Gasteiger partial charge is 0.341 e. The Bertz CT molecular complexity index is 717. The molecule has 5 nitrogen and oxygen atoms in total. The molecule has 23 heavy (non-hydrogen) atoms. The number of aliphatic carboxylic acids is 1. The van der Waals surface area contributed by atoms with Crippen LogP contribution in [0.4, 0.5) is 0 Å². The number of amides is 1. The zero-order chi connectivity index (χ0) is 16.8. The lowest BCUT2D eigenvalue weighted by Gasteiger charge is -2.11. The predicted octanol–water partition coefficient (Wildman–Crippen LogP) is 3.39. The zero-order valence-corrected chi connectivity index (χ0v) is 13.4. The first-order valence-corrected chi connectivity index (χ1v) is 7.38. The van der Waals surface area contributed by atoms with Gasteiger partial charge >= 0.3 is 5.97 Å². The maximum atomic E-state index is 12.3. The van der Waals surface area contributed by atoms with Crippen molar-refractivity contribution < 1.29 is 19.4 Å². The van der Waals surface area contributed by atoms with Crippen LogP contribution in [0.25, 0.3) is 0 Å². The number of halogens is 2. The molecule has 0 aliphatic heterocycles. The van der Waals surface area contributed by atoms with E-state index in [0.29, 0.717) is 16.6 Å². The third kappa shape index (κ3) is 5.16. The highest BCUT2D eigenvalue weighted by atomic mass is 35.5. The van der Waals surface area contributed by atoms with Gasteiger partial charge in [0.05, 0.1) is 5.56 Å². The summed E-state index contributed by atoms with van der Waals surface area (Å²) in [7, 11) is 0. The van der Waals surface area contributed by atoms with Crippen LogP contribution in [0, 0.1) is 0 Å². The van der Waals surface area contributed by atoms with Crippen molar-refractivity contribution in [1.82, 2.24) is 5.32 Å². The first-order chi connectivity index (χ1) is 11.0. The molecule has 2 rings (SSSR count). The minimum Gasteiger partial charge on any atom is -0.481 e. The molecule has 0 atom stereocenters. The van der Waals surface area contributed by atoms with Crippen molar-refractivity contribution in [3.05, 3.63) is 63.6 Å². The molecule has 0 fully saturated rings. The number of benzene rings is 2. The minimum atomic E-state index is -1.14. The van der Waals surface area contributed by atoms with Crippen molar-refractivity contribution in [3.63, 3.8) is 0 Å². The maximum Gasteiger partial charge on any atom is 0.341 e. The Hall–Kier alpha value is -2.24. The fourth-order valence-corrected chi connectivity index (χ4v) is 2.11. The third-order valence-corrected chi connectivity index (χ3v) is 3.39. The van der Waals surface area contributed by atoms with Gasteiger partial charge in [0.1, 0.15) is 5.75 Å². The quantitative estimate of drug-likeness (QED) is 0.834. The van der Waals surface area contributed by atoms with Crippen LogP contribution in [-0.2, 0) is 11.3 Å². The Kier molecular flexibility index (Phi) is 5.84. The summed E-state index contributed by atoms with van der Waals surface area (Å²) >= 11 is 11.7. The van der Waals surface area contributed by atoms with Gasteiger partial charge in [0.25, 0.3) is 5.91 Å². The summed E-state index contributed by atoms with van der Waals surface area (Å²) in [6.45, 7) is -0.255. The first kappa shape index (κ1) is 17.1. The lowest BCUT2D eigenvalue weighted by atomic mass is 10.1. The topological polar surface area (TPSA) is 75.6 Å². The van der Waals surface area contributed by atoms with E-state index in [1.54, 1.807) is 24.3 Å². The third-order valence-electron chi connectivity index (χ3n) is 2.91. The van der Waals surface area contributed by atoms with Crippen LogP contribution >= 0.6 is 23.2 Å². The lowest BCUT2D eigenvalue weighted by molar-refractivity contribution is -0.139. The summed E-state index contributed by atoms with van der Waals surface area (Å²) < 4.78 is 5.11. The highest BCUT2D eigenvalue weighted by Crippen LogP contribution is 2.23. The molecule has 0 aliphatic rings. The van der Waals surface area contributed by atoms with Crippen molar-refractivity contribution in [3.8, 4) is 5.75 Å². The van der Waals surface area contributed by atoms with Crippen molar-refractivity contribution in [2.75, 3.05) is 6.61 Å². The first-order valence-electron chi connectivity index (χ1n) is 6.62. The van der Waals surface area contributed by atoms with Crippen molar-refractivity contribution in [1.29, 1.82) is 0 Å². The van der Waals surface area contributed by atoms with E-state index in [1.165, 1.54) is 18.2 Å². The molecule has 1 amide bonds. The van der Waals surface area contributed by atoms with E-state index in [0.717, 1.165) is 5.56 Å². The monoisotopic (exact) mass is 353 g/mol. The summed E-state index contributed by atoms with van der Waals surface area (Å²) in [5.74, 6) is -1.41. The van der Waals surface area contributed by atoms with Crippen LogP contribution in [0.5, 0.6) is 5.75 Å². The zero-order valence-electron chi connectivity index (χ0n) is 11.9. The van der Waals surface area contributed by atoms with Crippen LogP contribution in [-0.4, -0.2) is 23.6 Å². The molecule has 0 bridgehead atoms. The highest BCUT2D eigenvalue weighted by Gasteiger charge is 2.14. The number of carbonyl (C=O) groups excluding carboxylic acids is 1. The molecule has 2 aromatic carbocycles. The number of carbonyl (C=O) groups is 2. The van der Waals surface area contributed by atoms with Crippen LogP contribution in [0.15, 0.2) is 42.5 Å². The number of carboxylic acids is 1. The van der Waals surface area contributed by atoms with Gasteiger partial charge in [-0.05, 0) is 35.9 Å². The van der Waals surface area contributed by atoms with Gasteiger partial charge in [0, 0.05) is 16.6 Å². The number of nitrogens with one attached hydrogen (secondary N) is 1. The summed E-state index contributed by atoms with van der Waals surface area (Å²) in [5.41, 5.74) is 1.09. The summed E-state index contributed by atoms with van der Waals surface area (Å²) in [6, 6.07) is 11.5. The standard InChI is InChI=1S/C16H13Cl2NO4/c17-11-3-1-10(2-4-11)8-19-16(22)13-6-5-12(18)7-14(13)23-9-15(20)21/h1-7H,8-9H2,(H,19,22)(H,20,21). The van der Waals surface area contributed by atoms with Crippen molar-refractivity contribution in [2.24, 2.45) is 0 Å². The van der Waals surface area contributed by atoms with Crippen LogP contribution in [0.1, 0.15) is 15.9 Å². The van der Waals surface area contributed by atoms with Gasteiger partial charge in [0.15, 0.2) is 6.61 Å². The number of hydrogen-bond donors (Lipinski definition) is 2. The highest BCUT2D eigenvalue weighted by molar-refractivity contribution is 6.31. The molecule has 0 aromatic heterocycles. The Labute approximate surface area is 142 Å². The van der Waals surface area contributed by atoms with Crippen LogP contribution < -0.4 is 10.1 Å². The van der Waals surface area contributed by atoms with E-state index < -0.39 is 18.5 Å². The molecule has 0 aliphatic carbocycles. The van der Waals surface area contributed by atoms with Gasteiger partial charge < -0.3 is 15.2 Å². The fourth-order valence-electron chi connectivity index (χ4n) is 1.82. The Morgan fingerprint density at radius 3 is 2.35 bits per heavy atom. The lowest BCUT2D eigenvalue weighted by Crippen LogP contribution is -2.24. The van der Waals surface area contributed by atoms with E-state index in [4.69, 9.17) is 33.0 Å². The van der Waals surface area contributed by atoms with Gasteiger partial charge in [-0.1, -0.05) is 35.3 Å². The Balaban J connectivity index is 2.08.